The Hall–Kier alpha value is -0.860. The van der Waals surface area contributed by atoms with Crippen molar-refractivity contribution in [3.63, 3.8) is 0 Å². The van der Waals surface area contributed by atoms with E-state index >= 15 is 0 Å². The molecule has 120 valence electrons. The molecule has 3 aliphatic rings. The highest BCUT2D eigenvalue weighted by molar-refractivity contribution is 5.15. The molecule has 4 rings (SSSR count). The number of piperidine rings is 1. The number of hydrogen-bond donors (Lipinski definition) is 0. The summed E-state index contributed by atoms with van der Waals surface area (Å²) >= 11 is 0. The van der Waals surface area contributed by atoms with Crippen LogP contribution in [-0.2, 0) is 6.54 Å². The Kier molecular flexibility index (Phi) is 4.49. The van der Waals surface area contributed by atoms with Crippen molar-refractivity contribution in [3.8, 4) is 0 Å². The number of fused-ring (bicyclic) bond motifs is 1. The summed E-state index contributed by atoms with van der Waals surface area (Å²) in [5.41, 5.74) is 1.49. The van der Waals surface area contributed by atoms with Gasteiger partial charge in [0.2, 0.25) is 0 Å². The van der Waals surface area contributed by atoms with Gasteiger partial charge >= 0.3 is 0 Å². The maximum atomic E-state index is 2.84. The van der Waals surface area contributed by atoms with Crippen molar-refractivity contribution < 1.29 is 0 Å². The molecule has 0 N–H and O–H groups in total. The van der Waals surface area contributed by atoms with Gasteiger partial charge in [0, 0.05) is 18.6 Å². The zero-order valence-electron chi connectivity index (χ0n) is 13.8. The molecule has 1 aromatic rings. The molecule has 1 aliphatic carbocycles. The van der Waals surface area contributed by atoms with Crippen molar-refractivity contribution in [2.24, 2.45) is 5.92 Å². The lowest BCUT2D eigenvalue weighted by atomic mass is 9.74. The van der Waals surface area contributed by atoms with Gasteiger partial charge in [-0.3, -0.25) is 4.90 Å². The summed E-state index contributed by atoms with van der Waals surface area (Å²) in [6.45, 7) is 5.21. The molecule has 2 nitrogen and oxygen atoms in total. The van der Waals surface area contributed by atoms with Gasteiger partial charge in [-0.1, -0.05) is 36.8 Å². The average Bonchev–Trinajstić information content (AvgIpc) is 3.10. The summed E-state index contributed by atoms with van der Waals surface area (Å²) in [6, 6.07) is 12.8. The Balaban J connectivity index is 1.48. The highest BCUT2D eigenvalue weighted by Crippen LogP contribution is 2.39. The normalized spacial score (nSPS) is 33.7. The van der Waals surface area contributed by atoms with Gasteiger partial charge in [-0.2, -0.15) is 0 Å². The number of likely N-dealkylation sites (tertiary alicyclic amines) is 2. The summed E-state index contributed by atoms with van der Waals surface area (Å²) in [7, 11) is 0. The quantitative estimate of drug-likeness (QED) is 0.834. The Morgan fingerprint density at radius 3 is 2.36 bits per heavy atom. The largest absolute Gasteiger partial charge is 0.300 e. The molecule has 3 atom stereocenters. The Morgan fingerprint density at radius 2 is 1.55 bits per heavy atom. The minimum absolute atomic E-state index is 0.841. The van der Waals surface area contributed by atoms with Gasteiger partial charge < -0.3 is 4.90 Å². The van der Waals surface area contributed by atoms with Crippen molar-refractivity contribution in [2.45, 2.75) is 63.6 Å². The fraction of sp³-hybridized carbons (Fsp3) is 0.700. The van der Waals surface area contributed by atoms with Crippen LogP contribution in [0.25, 0.3) is 0 Å². The fourth-order valence-corrected chi connectivity index (χ4v) is 5.30. The lowest BCUT2D eigenvalue weighted by Crippen LogP contribution is -2.55. The first-order valence-electron chi connectivity index (χ1n) is 9.44. The van der Waals surface area contributed by atoms with Crippen LogP contribution < -0.4 is 0 Å². The van der Waals surface area contributed by atoms with Gasteiger partial charge in [0.25, 0.3) is 0 Å². The molecule has 2 saturated heterocycles. The Morgan fingerprint density at radius 1 is 0.773 bits per heavy atom. The van der Waals surface area contributed by atoms with E-state index in [0.29, 0.717) is 0 Å². The van der Waals surface area contributed by atoms with Crippen LogP contribution in [0.1, 0.15) is 50.5 Å². The molecule has 2 heterocycles. The Bertz CT molecular complexity index is 466. The van der Waals surface area contributed by atoms with Crippen molar-refractivity contribution in [1.82, 2.24) is 9.80 Å². The molecular formula is C20H30N2. The van der Waals surface area contributed by atoms with Crippen LogP contribution >= 0.6 is 0 Å². The van der Waals surface area contributed by atoms with Crippen LogP contribution in [0.2, 0.25) is 0 Å². The topological polar surface area (TPSA) is 6.48 Å². The third-order valence-electron chi connectivity index (χ3n) is 6.28. The van der Waals surface area contributed by atoms with Crippen molar-refractivity contribution in [3.05, 3.63) is 35.9 Å². The number of nitrogens with zero attached hydrogens (tertiary/aromatic N) is 2. The summed E-state index contributed by atoms with van der Waals surface area (Å²) in [5.74, 6) is 0.935. The molecule has 0 bridgehead atoms. The number of benzene rings is 1. The maximum absolute atomic E-state index is 2.84. The van der Waals surface area contributed by atoms with E-state index < -0.39 is 0 Å². The van der Waals surface area contributed by atoms with Crippen LogP contribution in [0.5, 0.6) is 0 Å². The summed E-state index contributed by atoms with van der Waals surface area (Å²) < 4.78 is 0. The van der Waals surface area contributed by atoms with Gasteiger partial charge in [0.1, 0.15) is 0 Å². The van der Waals surface area contributed by atoms with Crippen LogP contribution in [0, 0.1) is 5.92 Å². The molecule has 0 amide bonds. The molecule has 0 spiro atoms. The van der Waals surface area contributed by atoms with E-state index in [1.165, 1.54) is 70.1 Å². The van der Waals surface area contributed by atoms with E-state index in [1.807, 2.05) is 0 Å². The number of hydrogen-bond acceptors (Lipinski definition) is 2. The molecule has 2 aliphatic heterocycles. The lowest BCUT2D eigenvalue weighted by Gasteiger charge is -2.50. The van der Waals surface area contributed by atoms with Crippen molar-refractivity contribution in [2.75, 3.05) is 19.6 Å². The van der Waals surface area contributed by atoms with E-state index in [0.717, 1.165) is 24.5 Å². The number of rotatable bonds is 3. The molecule has 1 saturated carbocycles. The first kappa shape index (κ1) is 14.7. The van der Waals surface area contributed by atoms with Crippen LogP contribution in [0.15, 0.2) is 30.3 Å². The van der Waals surface area contributed by atoms with E-state index in [9.17, 15) is 0 Å². The first-order chi connectivity index (χ1) is 10.9. The predicted molar refractivity (Wildman–Crippen MR) is 91.8 cm³/mol. The van der Waals surface area contributed by atoms with Crippen molar-refractivity contribution >= 4 is 0 Å². The maximum Gasteiger partial charge on any atom is 0.0236 e. The fourth-order valence-electron chi connectivity index (χ4n) is 5.30. The highest BCUT2D eigenvalue weighted by Gasteiger charge is 2.41. The summed E-state index contributed by atoms with van der Waals surface area (Å²) in [5, 5.41) is 0. The molecule has 3 fully saturated rings. The molecule has 22 heavy (non-hydrogen) atoms. The van der Waals surface area contributed by atoms with E-state index in [2.05, 4.69) is 40.1 Å². The first-order valence-corrected chi connectivity index (χ1v) is 9.44. The molecule has 2 heteroatoms. The SMILES string of the molecule is c1ccc(CN2CCC[C@H]3[C@H](N4CCCC4)CCC[C@H]32)cc1. The third kappa shape index (κ3) is 2.96. The summed E-state index contributed by atoms with van der Waals surface area (Å²) in [6.07, 6.45) is 10.1. The highest BCUT2D eigenvalue weighted by atomic mass is 15.2. The second-order valence-corrected chi connectivity index (χ2v) is 7.57. The summed E-state index contributed by atoms with van der Waals surface area (Å²) in [4.78, 5) is 5.65. The lowest BCUT2D eigenvalue weighted by molar-refractivity contribution is -0.00108. The van der Waals surface area contributed by atoms with Crippen LogP contribution in [0.3, 0.4) is 0 Å². The predicted octanol–water partition coefficient (Wildman–Crippen LogP) is 3.92. The average molecular weight is 298 g/mol. The molecule has 1 aromatic carbocycles. The smallest absolute Gasteiger partial charge is 0.0236 e. The van der Waals surface area contributed by atoms with E-state index in [-0.39, 0.29) is 0 Å². The van der Waals surface area contributed by atoms with Crippen LogP contribution in [0.4, 0.5) is 0 Å². The minimum atomic E-state index is 0.841. The van der Waals surface area contributed by atoms with E-state index in [1.54, 1.807) is 0 Å². The van der Waals surface area contributed by atoms with Crippen LogP contribution in [-0.4, -0.2) is 41.5 Å². The Labute approximate surface area is 135 Å². The van der Waals surface area contributed by atoms with Gasteiger partial charge in [-0.05, 0) is 69.6 Å². The monoisotopic (exact) mass is 298 g/mol. The minimum Gasteiger partial charge on any atom is -0.300 e. The second kappa shape index (κ2) is 6.72. The molecular weight excluding hydrogens is 268 g/mol. The van der Waals surface area contributed by atoms with Gasteiger partial charge in [0.15, 0.2) is 0 Å². The van der Waals surface area contributed by atoms with Gasteiger partial charge in [0.05, 0.1) is 0 Å². The zero-order chi connectivity index (χ0) is 14.8. The third-order valence-corrected chi connectivity index (χ3v) is 6.28. The van der Waals surface area contributed by atoms with E-state index in [4.69, 9.17) is 0 Å². The zero-order valence-corrected chi connectivity index (χ0v) is 13.8. The standard InChI is InChI=1S/C20H30N2/c1-2-8-17(9-3-1)16-22-15-7-10-18-19(11-6-12-20(18)22)21-13-4-5-14-21/h1-3,8-9,18-20H,4-7,10-16H2/t18-,19+,20+/m0/s1. The molecule has 0 radical (unpaired) electrons. The second-order valence-electron chi connectivity index (χ2n) is 7.57. The molecule has 0 unspecified atom stereocenters. The molecule has 0 aromatic heterocycles. The van der Waals surface area contributed by atoms with Gasteiger partial charge in [-0.25, -0.2) is 0 Å². The van der Waals surface area contributed by atoms with Crippen molar-refractivity contribution in [1.29, 1.82) is 0 Å². The van der Waals surface area contributed by atoms with Gasteiger partial charge in [-0.15, -0.1) is 0 Å².